The molecule has 1 rings (SSSR count). The van der Waals surface area contributed by atoms with Crippen LogP contribution in [0.25, 0.3) is 0 Å². The van der Waals surface area contributed by atoms with Crippen LogP contribution in [0.4, 0.5) is 0 Å². The van der Waals surface area contributed by atoms with Gasteiger partial charge in [-0.15, -0.1) is 0 Å². The van der Waals surface area contributed by atoms with E-state index in [0.717, 1.165) is 5.56 Å². The van der Waals surface area contributed by atoms with Crippen LogP contribution < -0.4 is 0 Å². The Morgan fingerprint density at radius 3 is 2.50 bits per heavy atom. The molecule has 0 unspecified atom stereocenters. The maximum absolute atomic E-state index is 11.2. The van der Waals surface area contributed by atoms with Gasteiger partial charge in [0.05, 0.1) is 25.4 Å². The standard InChI is InChI=1S/C17H26O5/c1-2-22-17(20)11-10-16(19)15(18)9-6-12-21-13-14-7-4-3-5-8-14/h3-5,7-8,15-16,18-19H,2,6,9-13H2,1H3/t15-,16-/m1/s1. The molecule has 5 nitrogen and oxygen atoms in total. The summed E-state index contributed by atoms with van der Waals surface area (Å²) in [7, 11) is 0. The fourth-order valence-corrected chi connectivity index (χ4v) is 2.04. The fourth-order valence-electron chi connectivity index (χ4n) is 2.04. The first kappa shape index (κ1) is 18.6. The third-order valence-electron chi connectivity index (χ3n) is 3.29. The van der Waals surface area contributed by atoms with Crippen molar-refractivity contribution in [1.29, 1.82) is 0 Å². The van der Waals surface area contributed by atoms with Crippen LogP contribution in [-0.2, 0) is 20.9 Å². The second-order valence-electron chi connectivity index (χ2n) is 5.16. The molecule has 0 spiro atoms. The van der Waals surface area contributed by atoms with Crippen molar-refractivity contribution < 1.29 is 24.5 Å². The maximum Gasteiger partial charge on any atom is 0.305 e. The van der Waals surface area contributed by atoms with E-state index in [-0.39, 0.29) is 18.8 Å². The van der Waals surface area contributed by atoms with Crippen molar-refractivity contribution in [2.45, 2.75) is 51.4 Å². The summed E-state index contributed by atoms with van der Waals surface area (Å²) in [4.78, 5) is 11.2. The number of ether oxygens (including phenoxy) is 2. The molecule has 2 N–H and O–H groups in total. The molecular formula is C17H26O5. The van der Waals surface area contributed by atoms with Crippen molar-refractivity contribution in [3.63, 3.8) is 0 Å². The average molecular weight is 310 g/mol. The van der Waals surface area contributed by atoms with E-state index in [4.69, 9.17) is 9.47 Å². The van der Waals surface area contributed by atoms with Gasteiger partial charge in [-0.2, -0.15) is 0 Å². The van der Waals surface area contributed by atoms with Gasteiger partial charge in [-0.05, 0) is 31.7 Å². The summed E-state index contributed by atoms with van der Waals surface area (Å²) >= 11 is 0. The van der Waals surface area contributed by atoms with Gasteiger partial charge in [-0.3, -0.25) is 4.79 Å². The molecule has 0 aliphatic carbocycles. The number of esters is 1. The Labute approximate surface area is 131 Å². The number of rotatable bonds is 11. The molecule has 22 heavy (non-hydrogen) atoms. The van der Waals surface area contributed by atoms with Crippen molar-refractivity contribution in [3.05, 3.63) is 35.9 Å². The van der Waals surface area contributed by atoms with Crippen molar-refractivity contribution in [2.24, 2.45) is 0 Å². The molecule has 5 heteroatoms. The van der Waals surface area contributed by atoms with Crippen LogP contribution in [0.5, 0.6) is 0 Å². The highest BCUT2D eigenvalue weighted by Crippen LogP contribution is 2.10. The van der Waals surface area contributed by atoms with Crippen LogP contribution >= 0.6 is 0 Å². The highest BCUT2D eigenvalue weighted by Gasteiger charge is 2.17. The van der Waals surface area contributed by atoms with Gasteiger partial charge in [0.2, 0.25) is 0 Å². The largest absolute Gasteiger partial charge is 0.466 e. The summed E-state index contributed by atoms with van der Waals surface area (Å²) in [5, 5.41) is 19.6. The number of hydrogen-bond acceptors (Lipinski definition) is 5. The smallest absolute Gasteiger partial charge is 0.305 e. The lowest BCUT2D eigenvalue weighted by Gasteiger charge is -2.17. The van der Waals surface area contributed by atoms with E-state index in [1.807, 2.05) is 30.3 Å². The van der Waals surface area contributed by atoms with Crippen LogP contribution in [0, 0.1) is 0 Å². The predicted octanol–water partition coefficient (Wildman–Crippen LogP) is 2.05. The minimum Gasteiger partial charge on any atom is -0.466 e. The lowest BCUT2D eigenvalue weighted by molar-refractivity contribution is -0.144. The molecule has 0 amide bonds. The quantitative estimate of drug-likeness (QED) is 0.483. The van der Waals surface area contributed by atoms with Gasteiger partial charge < -0.3 is 19.7 Å². The average Bonchev–Trinajstić information content (AvgIpc) is 2.53. The molecule has 0 aromatic heterocycles. The number of aliphatic hydroxyl groups excluding tert-OH is 2. The van der Waals surface area contributed by atoms with E-state index in [9.17, 15) is 15.0 Å². The third kappa shape index (κ3) is 8.12. The second kappa shape index (κ2) is 11.2. The summed E-state index contributed by atoms with van der Waals surface area (Å²) < 4.78 is 10.3. The SMILES string of the molecule is CCOC(=O)CC[C@@H](O)[C@H](O)CCCOCc1ccccc1. The predicted molar refractivity (Wildman–Crippen MR) is 83.2 cm³/mol. The fraction of sp³-hybridized carbons (Fsp3) is 0.588. The maximum atomic E-state index is 11.2. The molecule has 0 radical (unpaired) electrons. The van der Waals surface area contributed by atoms with Crippen molar-refractivity contribution >= 4 is 5.97 Å². The topological polar surface area (TPSA) is 76.0 Å². The molecule has 1 aromatic carbocycles. The Balaban J connectivity index is 2.07. The minimum atomic E-state index is -0.904. The highest BCUT2D eigenvalue weighted by molar-refractivity contribution is 5.69. The Hall–Kier alpha value is -1.43. The summed E-state index contributed by atoms with van der Waals surface area (Å²) in [6, 6.07) is 9.87. The van der Waals surface area contributed by atoms with Gasteiger partial charge >= 0.3 is 5.97 Å². The van der Waals surface area contributed by atoms with Gasteiger partial charge in [-0.25, -0.2) is 0 Å². The molecule has 124 valence electrons. The van der Waals surface area contributed by atoms with Gasteiger partial charge in [-0.1, -0.05) is 30.3 Å². The molecule has 0 saturated heterocycles. The number of carbonyl (C=O) groups excluding carboxylic acids is 1. The van der Waals surface area contributed by atoms with Crippen LogP contribution in [-0.4, -0.2) is 41.6 Å². The Morgan fingerprint density at radius 1 is 1.14 bits per heavy atom. The molecule has 2 atom stereocenters. The lowest BCUT2D eigenvalue weighted by Crippen LogP contribution is -2.27. The monoisotopic (exact) mass is 310 g/mol. The van der Waals surface area contributed by atoms with Gasteiger partial charge in [0.25, 0.3) is 0 Å². The number of aliphatic hydroxyl groups is 2. The van der Waals surface area contributed by atoms with Crippen LogP contribution in [0.2, 0.25) is 0 Å². The Kier molecular flexibility index (Phi) is 9.46. The van der Waals surface area contributed by atoms with Crippen LogP contribution in [0.15, 0.2) is 30.3 Å². The molecule has 1 aromatic rings. The van der Waals surface area contributed by atoms with Gasteiger partial charge in [0.15, 0.2) is 0 Å². The zero-order valence-electron chi connectivity index (χ0n) is 13.1. The van der Waals surface area contributed by atoms with E-state index < -0.39 is 12.2 Å². The lowest BCUT2D eigenvalue weighted by atomic mass is 10.0. The third-order valence-corrected chi connectivity index (χ3v) is 3.29. The summed E-state index contributed by atoms with van der Waals surface area (Å²) in [6.07, 6.45) is -0.307. The minimum absolute atomic E-state index is 0.122. The molecule has 0 fully saturated rings. The van der Waals surface area contributed by atoms with E-state index in [1.54, 1.807) is 6.92 Å². The molecular weight excluding hydrogens is 284 g/mol. The normalized spacial score (nSPS) is 13.6. The van der Waals surface area contributed by atoms with E-state index in [0.29, 0.717) is 32.7 Å². The Morgan fingerprint density at radius 2 is 1.82 bits per heavy atom. The molecule has 0 aliphatic rings. The van der Waals surface area contributed by atoms with E-state index in [2.05, 4.69) is 0 Å². The van der Waals surface area contributed by atoms with E-state index in [1.165, 1.54) is 0 Å². The summed E-state index contributed by atoms with van der Waals surface area (Å²) in [6.45, 7) is 3.13. The summed E-state index contributed by atoms with van der Waals surface area (Å²) in [5.41, 5.74) is 1.11. The first-order valence-corrected chi connectivity index (χ1v) is 7.77. The van der Waals surface area contributed by atoms with Gasteiger partial charge in [0.1, 0.15) is 0 Å². The number of hydrogen-bond donors (Lipinski definition) is 2. The van der Waals surface area contributed by atoms with E-state index >= 15 is 0 Å². The zero-order valence-corrected chi connectivity index (χ0v) is 13.1. The van der Waals surface area contributed by atoms with Crippen molar-refractivity contribution in [1.82, 2.24) is 0 Å². The second-order valence-corrected chi connectivity index (χ2v) is 5.16. The zero-order chi connectivity index (χ0) is 16.2. The molecule has 0 saturated carbocycles. The first-order chi connectivity index (χ1) is 10.6. The van der Waals surface area contributed by atoms with Crippen LogP contribution in [0.1, 0.15) is 38.2 Å². The highest BCUT2D eigenvalue weighted by atomic mass is 16.5. The Bertz CT molecular complexity index is 407. The molecule has 0 heterocycles. The van der Waals surface area contributed by atoms with Crippen molar-refractivity contribution in [2.75, 3.05) is 13.2 Å². The molecule has 0 bridgehead atoms. The van der Waals surface area contributed by atoms with Gasteiger partial charge in [0, 0.05) is 13.0 Å². The van der Waals surface area contributed by atoms with Crippen LogP contribution in [0.3, 0.4) is 0 Å². The molecule has 0 aliphatic heterocycles. The number of carbonyl (C=O) groups is 1. The number of benzene rings is 1. The first-order valence-electron chi connectivity index (χ1n) is 7.77. The van der Waals surface area contributed by atoms with Crippen molar-refractivity contribution in [3.8, 4) is 0 Å². The summed E-state index contributed by atoms with van der Waals surface area (Å²) in [5.74, 6) is -0.347.